The van der Waals surface area contributed by atoms with E-state index < -0.39 is 17.8 Å². The highest BCUT2D eigenvalue weighted by Gasteiger charge is 2.35. The molecule has 0 saturated heterocycles. The summed E-state index contributed by atoms with van der Waals surface area (Å²) in [7, 11) is 0. The summed E-state index contributed by atoms with van der Waals surface area (Å²) in [6, 6.07) is 18.1. The first-order chi connectivity index (χ1) is 19.9. The van der Waals surface area contributed by atoms with Crippen molar-refractivity contribution < 1.29 is 14.0 Å². The number of rotatable bonds is 6. The van der Waals surface area contributed by atoms with Gasteiger partial charge in [-0.2, -0.15) is 10.2 Å². The van der Waals surface area contributed by atoms with E-state index in [2.05, 4.69) is 25.8 Å². The van der Waals surface area contributed by atoms with Crippen molar-refractivity contribution in [2.24, 2.45) is 5.73 Å². The minimum Gasteiger partial charge on any atom is -0.368 e. The fraction of sp³-hybridized carbons (Fsp3) is 0.0690. The van der Waals surface area contributed by atoms with Gasteiger partial charge in [0.2, 0.25) is 5.91 Å². The summed E-state index contributed by atoms with van der Waals surface area (Å²) in [6.07, 6.45) is 3.28. The summed E-state index contributed by atoms with van der Waals surface area (Å²) in [5.74, 6) is -0.889. The first kappa shape index (κ1) is 24.7. The third-order valence-electron chi connectivity index (χ3n) is 7.08. The van der Waals surface area contributed by atoms with E-state index in [0.29, 0.717) is 44.4 Å². The zero-order chi connectivity index (χ0) is 28.2. The van der Waals surface area contributed by atoms with Crippen LogP contribution in [0.5, 0.6) is 0 Å². The van der Waals surface area contributed by atoms with Crippen molar-refractivity contribution in [2.75, 3.05) is 5.32 Å². The van der Waals surface area contributed by atoms with Crippen molar-refractivity contribution in [3.05, 3.63) is 107 Å². The molecule has 1 aliphatic heterocycles. The van der Waals surface area contributed by atoms with Crippen LogP contribution in [0, 0.1) is 5.82 Å². The summed E-state index contributed by atoms with van der Waals surface area (Å²) >= 11 is 6.49. The second-order valence-electron chi connectivity index (χ2n) is 9.65. The van der Waals surface area contributed by atoms with Gasteiger partial charge in [-0.25, -0.2) is 13.9 Å². The number of para-hydroxylation sites is 1. The van der Waals surface area contributed by atoms with E-state index >= 15 is 0 Å². The predicted molar refractivity (Wildman–Crippen MR) is 151 cm³/mol. The molecule has 7 rings (SSSR count). The van der Waals surface area contributed by atoms with Crippen LogP contribution in [0.25, 0.3) is 27.7 Å². The van der Waals surface area contributed by atoms with Gasteiger partial charge in [0.25, 0.3) is 5.91 Å². The number of carbonyl (C=O) groups is 2. The number of nitrogens with one attached hydrogen (secondary N) is 2. The molecule has 4 N–H and O–H groups in total. The fourth-order valence-electron chi connectivity index (χ4n) is 5.28. The smallest absolute Gasteiger partial charge is 0.252 e. The van der Waals surface area contributed by atoms with E-state index in [1.807, 2.05) is 48.7 Å². The van der Waals surface area contributed by atoms with E-state index in [9.17, 15) is 14.0 Å². The maximum Gasteiger partial charge on any atom is 0.252 e. The van der Waals surface area contributed by atoms with Crippen LogP contribution < -0.4 is 16.4 Å². The summed E-state index contributed by atoms with van der Waals surface area (Å²) in [6.45, 7) is -0.111. The molecular weight excluding hydrogens is 547 g/mol. The minimum absolute atomic E-state index is 0.111. The molecule has 202 valence electrons. The Labute approximate surface area is 236 Å². The number of halogens is 2. The number of carbonyl (C=O) groups excluding carboxylic acids is 2. The molecular formula is C29H20ClFN8O2. The summed E-state index contributed by atoms with van der Waals surface area (Å²) in [5, 5.41) is 16.3. The molecule has 0 spiro atoms. The molecule has 0 aliphatic carbocycles. The lowest BCUT2D eigenvalue weighted by molar-refractivity contribution is -0.118. The molecule has 0 radical (unpaired) electrons. The van der Waals surface area contributed by atoms with Gasteiger partial charge in [-0.1, -0.05) is 23.7 Å². The zero-order valence-corrected chi connectivity index (χ0v) is 21.9. The Morgan fingerprint density at radius 3 is 2.80 bits per heavy atom. The average molecular weight is 567 g/mol. The van der Waals surface area contributed by atoms with Crippen molar-refractivity contribution in [2.45, 2.75) is 12.6 Å². The van der Waals surface area contributed by atoms with Crippen LogP contribution in [-0.4, -0.2) is 36.2 Å². The highest BCUT2D eigenvalue weighted by Crippen LogP contribution is 2.43. The summed E-state index contributed by atoms with van der Waals surface area (Å²) in [4.78, 5) is 29.3. The lowest BCUT2D eigenvalue weighted by Gasteiger charge is -2.19. The average Bonchev–Trinajstić information content (AvgIpc) is 3.66. The minimum atomic E-state index is -0.728. The van der Waals surface area contributed by atoms with Crippen LogP contribution in [0.1, 0.15) is 27.5 Å². The molecule has 3 aromatic carbocycles. The number of hydrogen-bond acceptors (Lipinski definition) is 6. The Hall–Kier alpha value is -5.29. The van der Waals surface area contributed by atoms with E-state index in [1.54, 1.807) is 10.6 Å². The maximum absolute atomic E-state index is 14.3. The van der Waals surface area contributed by atoms with Gasteiger partial charge in [-0.3, -0.25) is 14.3 Å². The fourth-order valence-corrected chi connectivity index (χ4v) is 5.50. The lowest BCUT2D eigenvalue weighted by Crippen LogP contribution is -2.20. The van der Waals surface area contributed by atoms with E-state index in [-0.39, 0.29) is 12.5 Å². The number of nitrogens with zero attached hydrogens (tertiary/aromatic N) is 5. The monoisotopic (exact) mass is 566 g/mol. The maximum atomic E-state index is 14.3. The quantitative estimate of drug-likeness (QED) is 0.270. The molecule has 0 bridgehead atoms. The Kier molecular flexibility index (Phi) is 5.68. The SMILES string of the molecule is NC(=O)Cn1nc(Nc2cc(-c3ccc4ncnn4c3)cc3c2C(c2cc(F)ccc2Cl)NC3=O)c2ccccc21. The van der Waals surface area contributed by atoms with E-state index in [1.165, 1.54) is 29.2 Å². The number of pyridine rings is 1. The largest absolute Gasteiger partial charge is 0.368 e. The number of fused-ring (bicyclic) bond motifs is 3. The van der Waals surface area contributed by atoms with E-state index in [4.69, 9.17) is 17.3 Å². The van der Waals surface area contributed by atoms with Crippen molar-refractivity contribution >= 4 is 51.5 Å². The van der Waals surface area contributed by atoms with Crippen molar-refractivity contribution in [1.82, 2.24) is 29.7 Å². The van der Waals surface area contributed by atoms with Crippen LogP contribution in [0.2, 0.25) is 5.02 Å². The predicted octanol–water partition coefficient (Wildman–Crippen LogP) is 4.60. The van der Waals surface area contributed by atoms with Gasteiger partial charge >= 0.3 is 0 Å². The number of benzene rings is 3. The van der Waals surface area contributed by atoms with Gasteiger partial charge in [0.15, 0.2) is 11.5 Å². The topological polar surface area (TPSA) is 132 Å². The van der Waals surface area contributed by atoms with Gasteiger partial charge in [0.1, 0.15) is 18.7 Å². The number of amides is 2. The van der Waals surface area contributed by atoms with Gasteiger partial charge in [-0.15, -0.1) is 0 Å². The molecule has 41 heavy (non-hydrogen) atoms. The molecule has 10 nitrogen and oxygen atoms in total. The van der Waals surface area contributed by atoms with Gasteiger partial charge in [0.05, 0.1) is 11.6 Å². The number of anilines is 2. The van der Waals surface area contributed by atoms with Crippen LogP contribution in [-0.2, 0) is 11.3 Å². The molecule has 12 heteroatoms. The first-order valence-corrected chi connectivity index (χ1v) is 13.0. The zero-order valence-electron chi connectivity index (χ0n) is 21.2. The normalized spacial score (nSPS) is 14.4. The molecule has 4 heterocycles. The van der Waals surface area contributed by atoms with Gasteiger partial charge < -0.3 is 16.4 Å². The van der Waals surface area contributed by atoms with Gasteiger partial charge in [-0.05, 0) is 60.2 Å². The molecule has 2 amide bonds. The molecule has 0 saturated carbocycles. The lowest BCUT2D eigenvalue weighted by atomic mass is 9.93. The molecule has 1 aliphatic rings. The van der Waals surface area contributed by atoms with Crippen LogP contribution in [0.15, 0.2) is 79.3 Å². The van der Waals surface area contributed by atoms with Gasteiger partial charge in [0, 0.05) is 44.5 Å². The van der Waals surface area contributed by atoms with Crippen LogP contribution >= 0.6 is 11.6 Å². The summed E-state index contributed by atoms with van der Waals surface area (Å²) < 4.78 is 17.5. The second kappa shape index (κ2) is 9.42. The molecule has 1 unspecified atom stereocenters. The molecule has 0 fully saturated rings. The summed E-state index contributed by atoms with van der Waals surface area (Å²) in [5.41, 5.74) is 10.3. The first-order valence-electron chi connectivity index (χ1n) is 12.6. The molecule has 1 atom stereocenters. The van der Waals surface area contributed by atoms with Crippen molar-refractivity contribution in [1.29, 1.82) is 0 Å². The number of primary amides is 1. The Bertz CT molecular complexity index is 2030. The second-order valence-corrected chi connectivity index (χ2v) is 10.1. The number of aromatic nitrogens is 5. The van der Waals surface area contributed by atoms with Crippen LogP contribution in [0.4, 0.5) is 15.9 Å². The standard InChI is InChI=1S/C29H20ClFN8O2/c30-21-7-6-17(31)11-19(21)27-26-20(29(41)36-27)9-16(15-5-8-25-33-14-34-39(25)12-15)10-22(26)35-28-18-3-1-2-4-23(18)38(37-28)13-24(32)40/h1-12,14,27H,13H2,(H2,32,40)(H,35,37)(H,36,41). The van der Waals surface area contributed by atoms with Crippen molar-refractivity contribution in [3.63, 3.8) is 0 Å². The Morgan fingerprint density at radius 1 is 1.10 bits per heavy atom. The molecule has 6 aromatic rings. The highest BCUT2D eigenvalue weighted by molar-refractivity contribution is 6.31. The third-order valence-corrected chi connectivity index (χ3v) is 7.43. The van der Waals surface area contributed by atoms with E-state index in [0.717, 1.165) is 16.5 Å². The Balaban J connectivity index is 1.44. The van der Waals surface area contributed by atoms with Crippen LogP contribution in [0.3, 0.4) is 0 Å². The Morgan fingerprint density at radius 2 is 1.95 bits per heavy atom. The van der Waals surface area contributed by atoms with Crippen molar-refractivity contribution in [3.8, 4) is 11.1 Å². The number of hydrogen-bond donors (Lipinski definition) is 3. The third kappa shape index (κ3) is 4.23. The molecule has 3 aromatic heterocycles. The highest BCUT2D eigenvalue weighted by atomic mass is 35.5. The number of nitrogens with two attached hydrogens (primary N) is 1.